The minimum Gasteiger partial charge on any atom is -0.497 e. The predicted molar refractivity (Wildman–Crippen MR) is 76.6 cm³/mol. The maximum Gasteiger partial charge on any atom is 0.514 e. The number of hydrogen-bond donors (Lipinski definition) is 0. The Morgan fingerprint density at radius 2 is 1.79 bits per heavy atom. The summed E-state index contributed by atoms with van der Waals surface area (Å²) in [6, 6.07) is 3.65. The molecule has 1 fully saturated rings. The van der Waals surface area contributed by atoms with E-state index < -0.39 is 7.12 Å². The summed E-state index contributed by atoms with van der Waals surface area (Å²) in [5, 5.41) is 0. The molecule has 5 heteroatoms. The first-order valence-electron chi connectivity index (χ1n) is 6.33. The number of nitrogens with zero attached hydrogens (tertiary/aromatic N) is 1. The van der Waals surface area contributed by atoms with Gasteiger partial charge < -0.3 is 14.0 Å². The van der Waals surface area contributed by atoms with Crippen molar-refractivity contribution in [1.82, 2.24) is 4.98 Å². The van der Waals surface area contributed by atoms with E-state index in [2.05, 4.69) is 11.6 Å². The second-order valence-electron chi connectivity index (χ2n) is 5.65. The fourth-order valence-electron chi connectivity index (χ4n) is 1.85. The Morgan fingerprint density at radius 3 is 2.26 bits per heavy atom. The Balaban J connectivity index is 2.36. The van der Waals surface area contributed by atoms with E-state index in [9.17, 15) is 0 Å². The molecule has 0 radical (unpaired) electrons. The average Bonchev–Trinajstić information content (AvgIpc) is 2.58. The third-order valence-electron chi connectivity index (χ3n) is 3.78. The minimum absolute atomic E-state index is 0.378. The SMILES string of the molecule is C=Cc1cc(OC)cc(B2OC(C)(C)C(C)(C)O2)n1. The lowest BCUT2D eigenvalue weighted by molar-refractivity contribution is 0.00578. The topological polar surface area (TPSA) is 40.6 Å². The zero-order valence-corrected chi connectivity index (χ0v) is 12.2. The number of methoxy groups -OCH3 is 1. The van der Waals surface area contributed by atoms with Crippen molar-refractivity contribution in [3.05, 3.63) is 24.4 Å². The van der Waals surface area contributed by atoms with Gasteiger partial charge in [-0.05, 0) is 39.8 Å². The normalized spacial score (nSPS) is 20.4. The molecular weight excluding hydrogens is 241 g/mol. The maximum atomic E-state index is 5.97. The molecule has 0 bridgehead atoms. The lowest BCUT2D eigenvalue weighted by atomic mass is 9.84. The summed E-state index contributed by atoms with van der Waals surface area (Å²) >= 11 is 0. The first-order valence-corrected chi connectivity index (χ1v) is 6.33. The molecule has 1 saturated heterocycles. The Bertz CT molecular complexity index is 483. The Hall–Kier alpha value is -1.33. The lowest BCUT2D eigenvalue weighted by Gasteiger charge is -2.32. The smallest absolute Gasteiger partial charge is 0.497 e. The molecule has 19 heavy (non-hydrogen) atoms. The van der Waals surface area contributed by atoms with Crippen LogP contribution >= 0.6 is 0 Å². The Kier molecular flexibility index (Phi) is 3.45. The van der Waals surface area contributed by atoms with Gasteiger partial charge >= 0.3 is 7.12 Å². The molecular formula is C14H20BNO3. The van der Waals surface area contributed by atoms with E-state index in [1.54, 1.807) is 13.2 Å². The van der Waals surface area contributed by atoms with Crippen LogP contribution in [0.1, 0.15) is 33.4 Å². The quantitative estimate of drug-likeness (QED) is 0.780. The number of ether oxygens (including phenoxy) is 1. The van der Waals surface area contributed by atoms with Crippen molar-refractivity contribution in [1.29, 1.82) is 0 Å². The molecule has 0 spiro atoms. The first kappa shape index (κ1) is 14.1. The average molecular weight is 261 g/mol. The van der Waals surface area contributed by atoms with E-state index in [-0.39, 0.29) is 11.2 Å². The van der Waals surface area contributed by atoms with Crippen molar-refractivity contribution in [3.63, 3.8) is 0 Å². The van der Waals surface area contributed by atoms with Crippen LogP contribution in [0.2, 0.25) is 0 Å². The van der Waals surface area contributed by atoms with Gasteiger partial charge in [0.2, 0.25) is 0 Å². The maximum absolute atomic E-state index is 5.97. The molecule has 1 aromatic heterocycles. The van der Waals surface area contributed by atoms with Gasteiger partial charge in [-0.2, -0.15) is 0 Å². The van der Waals surface area contributed by atoms with E-state index in [1.807, 2.05) is 39.8 Å². The van der Waals surface area contributed by atoms with Crippen molar-refractivity contribution in [3.8, 4) is 5.75 Å². The molecule has 2 heterocycles. The van der Waals surface area contributed by atoms with E-state index in [1.165, 1.54) is 0 Å². The molecule has 0 aromatic carbocycles. The van der Waals surface area contributed by atoms with Gasteiger partial charge in [0.1, 0.15) is 5.75 Å². The molecule has 1 aliphatic heterocycles. The summed E-state index contributed by atoms with van der Waals surface area (Å²) in [6.45, 7) is 11.8. The van der Waals surface area contributed by atoms with Crippen LogP contribution in [0.25, 0.3) is 6.08 Å². The number of rotatable bonds is 3. The number of aromatic nitrogens is 1. The fraction of sp³-hybridized carbons (Fsp3) is 0.500. The van der Waals surface area contributed by atoms with Gasteiger partial charge in [0.15, 0.2) is 0 Å². The summed E-state index contributed by atoms with van der Waals surface area (Å²) in [7, 11) is 1.13. The van der Waals surface area contributed by atoms with E-state index in [0.717, 1.165) is 11.4 Å². The zero-order valence-electron chi connectivity index (χ0n) is 12.2. The van der Waals surface area contributed by atoms with Crippen LogP contribution in [0.5, 0.6) is 5.75 Å². The molecule has 0 amide bonds. The third-order valence-corrected chi connectivity index (χ3v) is 3.78. The summed E-state index contributed by atoms with van der Waals surface area (Å²) in [6.07, 6.45) is 1.68. The molecule has 0 N–H and O–H groups in total. The van der Waals surface area contributed by atoms with Crippen LogP contribution in [0.3, 0.4) is 0 Å². The standard InChI is InChI=1S/C14H20BNO3/c1-7-10-8-11(17-6)9-12(16-10)15-18-13(2,3)14(4,5)19-15/h7-9H,1H2,2-6H3. The van der Waals surface area contributed by atoms with Gasteiger partial charge in [-0.15, -0.1) is 0 Å². The second-order valence-corrected chi connectivity index (χ2v) is 5.65. The van der Waals surface area contributed by atoms with Crippen molar-refractivity contribution in [2.24, 2.45) is 0 Å². The van der Waals surface area contributed by atoms with E-state index >= 15 is 0 Å². The van der Waals surface area contributed by atoms with Gasteiger partial charge in [-0.1, -0.05) is 6.58 Å². The molecule has 1 aromatic rings. The van der Waals surface area contributed by atoms with Crippen LogP contribution in [0.15, 0.2) is 18.7 Å². The highest BCUT2D eigenvalue weighted by molar-refractivity contribution is 6.61. The van der Waals surface area contributed by atoms with Crippen LogP contribution < -0.4 is 10.3 Å². The summed E-state index contributed by atoms with van der Waals surface area (Å²) in [5.41, 5.74) is 0.685. The number of pyridine rings is 1. The van der Waals surface area contributed by atoms with Crippen molar-refractivity contribution < 1.29 is 14.0 Å². The molecule has 0 aliphatic carbocycles. The summed E-state index contributed by atoms with van der Waals surface area (Å²) < 4.78 is 17.2. The Morgan fingerprint density at radius 1 is 1.21 bits per heavy atom. The molecule has 0 saturated carbocycles. The first-order chi connectivity index (χ1) is 8.79. The van der Waals surface area contributed by atoms with Crippen LogP contribution in [-0.4, -0.2) is 30.4 Å². The van der Waals surface area contributed by atoms with Crippen LogP contribution in [0.4, 0.5) is 0 Å². The molecule has 2 rings (SSSR count). The fourth-order valence-corrected chi connectivity index (χ4v) is 1.85. The summed E-state index contributed by atoms with van der Waals surface area (Å²) in [5.74, 6) is 0.717. The zero-order chi connectivity index (χ0) is 14.3. The Labute approximate surface area is 114 Å². The molecule has 102 valence electrons. The second kappa shape index (κ2) is 4.65. The van der Waals surface area contributed by atoms with Gasteiger partial charge in [-0.25, -0.2) is 0 Å². The third kappa shape index (κ3) is 2.53. The highest BCUT2D eigenvalue weighted by Gasteiger charge is 2.52. The lowest BCUT2D eigenvalue weighted by Crippen LogP contribution is -2.41. The highest BCUT2D eigenvalue weighted by Crippen LogP contribution is 2.36. The predicted octanol–water partition coefficient (Wildman–Crippen LogP) is 2.03. The monoisotopic (exact) mass is 261 g/mol. The van der Waals surface area contributed by atoms with Crippen LogP contribution in [0, 0.1) is 0 Å². The van der Waals surface area contributed by atoms with Crippen molar-refractivity contribution >= 4 is 18.8 Å². The van der Waals surface area contributed by atoms with Gasteiger partial charge in [-0.3, -0.25) is 4.98 Å². The largest absolute Gasteiger partial charge is 0.514 e. The molecule has 4 nitrogen and oxygen atoms in total. The highest BCUT2D eigenvalue weighted by atomic mass is 16.7. The summed E-state index contributed by atoms with van der Waals surface area (Å²) in [4.78, 5) is 4.46. The molecule has 0 unspecified atom stereocenters. The van der Waals surface area contributed by atoms with E-state index in [0.29, 0.717) is 5.59 Å². The van der Waals surface area contributed by atoms with Gasteiger partial charge in [0, 0.05) is 6.07 Å². The molecule has 1 aliphatic rings. The van der Waals surface area contributed by atoms with Gasteiger partial charge in [0.05, 0.1) is 29.6 Å². The molecule has 0 atom stereocenters. The van der Waals surface area contributed by atoms with Crippen molar-refractivity contribution in [2.45, 2.75) is 38.9 Å². The van der Waals surface area contributed by atoms with Crippen LogP contribution in [-0.2, 0) is 9.31 Å². The van der Waals surface area contributed by atoms with E-state index in [4.69, 9.17) is 14.0 Å². The van der Waals surface area contributed by atoms with Gasteiger partial charge in [0.25, 0.3) is 0 Å². The van der Waals surface area contributed by atoms with Crippen molar-refractivity contribution in [2.75, 3.05) is 7.11 Å². The number of hydrogen-bond acceptors (Lipinski definition) is 4. The minimum atomic E-state index is -0.487.